The van der Waals surface area contributed by atoms with Crippen LogP contribution in [0.15, 0.2) is 66.7 Å². The molecule has 1 aliphatic rings. The minimum Gasteiger partial charge on any atom is -0.508 e. The van der Waals surface area contributed by atoms with Gasteiger partial charge in [-0.2, -0.15) is 0 Å². The number of nitrogens with two attached hydrogens (primary N) is 1. The van der Waals surface area contributed by atoms with Gasteiger partial charge in [0.2, 0.25) is 11.8 Å². The van der Waals surface area contributed by atoms with Crippen LogP contribution in [0.25, 0.3) is 0 Å². The average molecular weight is 528 g/mol. The summed E-state index contributed by atoms with van der Waals surface area (Å²) in [6.07, 6.45) is 1.41. The normalized spacial score (nSPS) is 14.2. The molecule has 4 rings (SSSR count). The standard InChI is InChI=1S/C26H25Cl2N3O3.C2H6/c27-19-12-21(28)20(22(32)13-19)14-30-24(18-10-16-8-4-5-9-17(16)11-18)26(34)31-23(25(29)33)15-6-2-1-3-7-15;1-2/h1-9,12-13,18,23-24,30,32H,10-11,14H2,(H2,29,33)(H,31,34);1-2H3. The Bertz CT molecular complexity index is 1160. The van der Waals surface area contributed by atoms with E-state index >= 15 is 0 Å². The first kappa shape index (κ1) is 27.5. The molecule has 2 atom stereocenters. The molecule has 0 fully saturated rings. The van der Waals surface area contributed by atoms with Gasteiger partial charge in [0.15, 0.2) is 0 Å². The number of carbonyl (C=O) groups excluding carboxylic acids is 2. The number of rotatable bonds is 8. The van der Waals surface area contributed by atoms with Gasteiger partial charge >= 0.3 is 0 Å². The number of halogens is 2. The fourth-order valence-electron chi connectivity index (χ4n) is 4.48. The van der Waals surface area contributed by atoms with Gasteiger partial charge < -0.3 is 21.5 Å². The van der Waals surface area contributed by atoms with E-state index in [1.807, 2.05) is 32.0 Å². The smallest absolute Gasteiger partial charge is 0.244 e. The molecule has 0 aromatic heterocycles. The van der Waals surface area contributed by atoms with Crippen LogP contribution in [0.1, 0.15) is 42.1 Å². The minimum atomic E-state index is -0.964. The maximum absolute atomic E-state index is 13.5. The lowest BCUT2D eigenvalue weighted by molar-refractivity contribution is -0.129. The van der Waals surface area contributed by atoms with Gasteiger partial charge in [0.1, 0.15) is 11.8 Å². The van der Waals surface area contributed by atoms with Gasteiger partial charge in [0.25, 0.3) is 0 Å². The molecule has 190 valence electrons. The molecule has 36 heavy (non-hydrogen) atoms. The zero-order chi connectivity index (χ0) is 26.2. The fourth-order valence-corrected chi connectivity index (χ4v) is 5.02. The predicted molar refractivity (Wildman–Crippen MR) is 144 cm³/mol. The Kier molecular flexibility index (Phi) is 9.76. The molecular weight excluding hydrogens is 497 g/mol. The summed E-state index contributed by atoms with van der Waals surface area (Å²) in [6.45, 7) is 4.14. The molecule has 0 aliphatic heterocycles. The van der Waals surface area contributed by atoms with Crippen molar-refractivity contribution < 1.29 is 14.7 Å². The largest absolute Gasteiger partial charge is 0.508 e. The SMILES string of the molecule is CC.NC(=O)C(NC(=O)C(NCc1c(O)cc(Cl)cc1Cl)C1Cc2ccccc2C1)c1ccccc1. The number of phenolic OH excluding ortho intramolecular Hbond substituents is 1. The molecule has 5 N–H and O–H groups in total. The van der Waals surface area contributed by atoms with Gasteiger partial charge in [-0.1, -0.05) is 91.6 Å². The van der Waals surface area contributed by atoms with Crippen LogP contribution in [-0.2, 0) is 29.0 Å². The highest BCUT2D eigenvalue weighted by Crippen LogP contribution is 2.32. The Morgan fingerprint density at radius 2 is 1.58 bits per heavy atom. The monoisotopic (exact) mass is 527 g/mol. The zero-order valence-electron chi connectivity index (χ0n) is 20.3. The van der Waals surface area contributed by atoms with Crippen LogP contribution in [0, 0.1) is 5.92 Å². The number of hydrogen-bond donors (Lipinski definition) is 4. The van der Waals surface area contributed by atoms with Crippen molar-refractivity contribution in [2.24, 2.45) is 11.7 Å². The van der Waals surface area contributed by atoms with Crippen molar-refractivity contribution in [2.75, 3.05) is 0 Å². The van der Waals surface area contributed by atoms with Crippen molar-refractivity contribution in [3.05, 3.63) is 99.0 Å². The minimum absolute atomic E-state index is 0.0573. The van der Waals surface area contributed by atoms with E-state index in [2.05, 4.69) is 22.8 Å². The summed E-state index contributed by atoms with van der Waals surface area (Å²) in [5, 5.41) is 17.0. The molecule has 0 spiro atoms. The van der Waals surface area contributed by atoms with E-state index in [9.17, 15) is 14.7 Å². The molecule has 0 heterocycles. The van der Waals surface area contributed by atoms with Gasteiger partial charge in [-0.05, 0) is 47.6 Å². The van der Waals surface area contributed by atoms with Crippen molar-refractivity contribution >= 4 is 35.0 Å². The summed E-state index contributed by atoms with van der Waals surface area (Å²) in [7, 11) is 0. The summed E-state index contributed by atoms with van der Waals surface area (Å²) >= 11 is 12.3. The second-order valence-corrected chi connectivity index (χ2v) is 9.28. The van der Waals surface area contributed by atoms with Crippen molar-refractivity contribution in [3.63, 3.8) is 0 Å². The first-order valence-corrected chi connectivity index (χ1v) is 12.7. The number of primary amides is 1. The molecule has 0 saturated heterocycles. The van der Waals surface area contributed by atoms with E-state index in [0.29, 0.717) is 34.0 Å². The van der Waals surface area contributed by atoms with Crippen LogP contribution in [0.3, 0.4) is 0 Å². The summed E-state index contributed by atoms with van der Waals surface area (Å²) < 4.78 is 0. The molecule has 0 bridgehead atoms. The first-order valence-electron chi connectivity index (χ1n) is 11.9. The van der Waals surface area contributed by atoms with Gasteiger partial charge in [-0.15, -0.1) is 0 Å². The maximum Gasteiger partial charge on any atom is 0.244 e. The summed E-state index contributed by atoms with van der Waals surface area (Å²) in [5.74, 6) is -1.12. The number of hydrogen-bond acceptors (Lipinski definition) is 4. The Labute approximate surface area is 221 Å². The van der Waals surface area contributed by atoms with Gasteiger partial charge in [-0.3, -0.25) is 9.59 Å². The molecule has 2 unspecified atom stereocenters. The lowest BCUT2D eigenvalue weighted by Gasteiger charge is -2.27. The maximum atomic E-state index is 13.5. The molecule has 1 aliphatic carbocycles. The first-order chi connectivity index (χ1) is 17.3. The van der Waals surface area contributed by atoms with E-state index in [0.717, 1.165) is 0 Å². The van der Waals surface area contributed by atoms with Crippen molar-refractivity contribution in [1.29, 1.82) is 0 Å². The Morgan fingerprint density at radius 1 is 1.00 bits per heavy atom. The highest BCUT2D eigenvalue weighted by atomic mass is 35.5. The van der Waals surface area contributed by atoms with Crippen molar-refractivity contribution in [3.8, 4) is 5.75 Å². The average Bonchev–Trinajstić information content (AvgIpc) is 3.29. The van der Waals surface area contributed by atoms with E-state index in [1.54, 1.807) is 30.3 Å². The number of amides is 2. The lowest BCUT2D eigenvalue weighted by atomic mass is 9.94. The lowest BCUT2D eigenvalue weighted by Crippen LogP contribution is -2.51. The number of benzene rings is 3. The quantitative estimate of drug-likeness (QED) is 0.333. The molecule has 0 saturated carbocycles. The van der Waals surface area contributed by atoms with E-state index in [-0.39, 0.29) is 24.1 Å². The molecule has 0 radical (unpaired) electrons. The Balaban J connectivity index is 0.00000176. The molecule has 6 nitrogen and oxygen atoms in total. The molecular formula is C28H31Cl2N3O3. The second kappa shape index (κ2) is 12.8. The highest BCUT2D eigenvalue weighted by molar-refractivity contribution is 6.35. The summed E-state index contributed by atoms with van der Waals surface area (Å²) in [6, 6.07) is 18.3. The third-order valence-corrected chi connectivity index (χ3v) is 6.73. The van der Waals surface area contributed by atoms with Crippen LogP contribution in [-0.4, -0.2) is 23.0 Å². The van der Waals surface area contributed by atoms with Gasteiger partial charge in [-0.25, -0.2) is 0 Å². The third kappa shape index (κ3) is 6.58. The van der Waals surface area contributed by atoms with Crippen LogP contribution < -0.4 is 16.4 Å². The molecule has 2 amide bonds. The highest BCUT2D eigenvalue weighted by Gasteiger charge is 2.35. The number of aromatic hydroxyl groups is 1. The van der Waals surface area contributed by atoms with Crippen LogP contribution in [0.2, 0.25) is 10.0 Å². The number of phenols is 1. The second-order valence-electron chi connectivity index (χ2n) is 8.44. The number of nitrogens with one attached hydrogen (secondary N) is 2. The molecule has 3 aromatic carbocycles. The van der Waals surface area contributed by atoms with Crippen LogP contribution >= 0.6 is 23.2 Å². The summed E-state index contributed by atoms with van der Waals surface area (Å²) in [5.41, 5.74) is 9.04. The van der Waals surface area contributed by atoms with Crippen LogP contribution in [0.4, 0.5) is 0 Å². The predicted octanol–water partition coefficient (Wildman–Crippen LogP) is 4.94. The zero-order valence-corrected chi connectivity index (χ0v) is 21.8. The topological polar surface area (TPSA) is 104 Å². The summed E-state index contributed by atoms with van der Waals surface area (Å²) in [4.78, 5) is 25.7. The van der Waals surface area contributed by atoms with Gasteiger partial charge in [0.05, 0.1) is 11.1 Å². The van der Waals surface area contributed by atoms with Crippen molar-refractivity contribution in [2.45, 2.75) is 45.3 Å². The molecule has 3 aromatic rings. The van der Waals surface area contributed by atoms with E-state index < -0.39 is 18.0 Å². The van der Waals surface area contributed by atoms with Crippen LogP contribution in [0.5, 0.6) is 5.75 Å². The Hall–Kier alpha value is -3.06. The fraction of sp³-hybridized carbons (Fsp3) is 0.286. The van der Waals surface area contributed by atoms with Crippen molar-refractivity contribution in [1.82, 2.24) is 10.6 Å². The number of fused-ring (bicyclic) bond motifs is 1. The molecule has 8 heteroatoms. The third-order valence-electron chi connectivity index (χ3n) is 6.18. The van der Waals surface area contributed by atoms with E-state index in [4.69, 9.17) is 28.9 Å². The Morgan fingerprint density at radius 3 is 2.14 bits per heavy atom. The van der Waals surface area contributed by atoms with Gasteiger partial charge in [0, 0.05) is 17.1 Å². The number of carbonyl (C=O) groups is 2. The van der Waals surface area contributed by atoms with E-state index in [1.165, 1.54) is 17.2 Å².